The average Bonchev–Trinajstić information content (AvgIpc) is 3.56. The van der Waals surface area contributed by atoms with Crippen LogP contribution in [-0.2, 0) is 10.0 Å². The molecule has 0 spiro atoms. The van der Waals surface area contributed by atoms with Crippen LogP contribution in [0.15, 0.2) is 41.3 Å². The molecule has 160 valence electrons. The fourth-order valence-electron chi connectivity index (χ4n) is 3.40. The molecule has 4 rings (SSSR count). The van der Waals surface area contributed by atoms with Crippen LogP contribution in [0.1, 0.15) is 41.2 Å². The highest BCUT2D eigenvalue weighted by Gasteiger charge is 2.31. The lowest BCUT2D eigenvalue weighted by Gasteiger charge is -2.27. The van der Waals surface area contributed by atoms with Crippen molar-refractivity contribution in [3.8, 4) is 17.2 Å². The van der Waals surface area contributed by atoms with Crippen molar-refractivity contribution >= 4 is 15.9 Å². The Morgan fingerprint density at radius 1 is 1.07 bits per heavy atom. The third kappa shape index (κ3) is 4.22. The van der Waals surface area contributed by atoms with E-state index in [2.05, 4.69) is 10.0 Å². The van der Waals surface area contributed by atoms with Gasteiger partial charge in [-0.15, -0.1) is 0 Å². The molecule has 1 amide bonds. The van der Waals surface area contributed by atoms with Gasteiger partial charge in [-0.25, -0.2) is 13.1 Å². The van der Waals surface area contributed by atoms with Crippen LogP contribution in [-0.4, -0.2) is 41.2 Å². The zero-order valence-corrected chi connectivity index (χ0v) is 17.6. The van der Waals surface area contributed by atoms with Crippen LogP contribution in [0, 0.1) is 0 Å². The number of hydrogen-bond donors (Lipinski definition) is 2. The van der Waals surface area contributed by atoms with Crippen LogP contribution >= 0.6 is 0 Å². The molecule has 1 saturated carbocycles. The molecule has 0 bridgehead atoms. The van der Waals surface area contributed by atoms with E-state index in [9.17, 15) is 13.2 Å². The van der Waals surface area contributed by atoms with E-state index >= 15 is 0 Å². The maximum Gasteiger partial charge on any atom is 0.251 e. The fourth-order valence-corrected chi connectivity index (χ4v) is 4.90. The van der Waals surface area contributed by atoms with Gasteiger partial charge in [0, 0.05) is 23.6 Å². The molecule has 2 aliphatic rings. The Labute approximate surface area is 175 Å². The van der Waals surface area contributed by atoms with E-state index in [1.54, 1.807) is 19.2 Å². The highest BCUT2D eigenvalue weighted by atomic mass is 32.2. The lowest BCUT2D eigenvalue weighted by molar-refractivity contribution is 0.0924. The maximum atomic E-state index is 13.0. The normalized spacial score (nSPS) is 18.1. The van der Waals surface area contributed by atoms with E-state index in [0.717, 1.165) is 18.4 Å². The second kappa shape index (κ2) is 8.16. The number of hydrogen-bond acceptors (Lipinski definition) is 6. The topological polar surface area (TPSA) is 103 Å². The van der Waals surface area contributed by atoms with E-state index in [1.165, 1.54) is 19.2 Å². The smallest absolute Gasteiger partial charge is 0.251 e. The quantitative estimate of drug-likeness (QED) is 0.697. The van der Waals surface area contributed by atoms with Crippen molar-refractivity contribution in [2.75, 3.05) is 20.8 Å². The highest BCUT2D eigenvalue weighted by Crippen LogP contribution is 2.35. The molecule has 1 atom stereocenters. The molecule has 1 aliphatic heterocycles. The highest BCUT2D eigenvalue weighted by molar-refractivity contribution is 7.89. The lowest BCUT2D eigenvalue weighted by Crippen LogP contribution is -2.32. The predicted octanol–water partition coefficient (Wildman–Crippen LogP) is 2.40. The first-order valence-electron chi connectivity index (χ1n) is 9.73. The minimum absolute atomic E-state index is 0.0430. The number of ether oxygens (including phenoxy) is 3. The van der Waals surface area contributed by atoms with Crippen molar-refractivity contribution in [3.63, 3.8) is 0 Å². The van der Waals surface area contributed by atoms with Crippen molar-refractivity contribution in [2.24, 2.45) is 0 Å². The Balaban J connectivity index is 1.60. The number of carbonyl (C=O) groups excluding carboxylic acids is 1. The predicted molar refractivity (Wildman–Crippen MR) is 110 cm³/mol. The van der Waals surface area contributed by atoms with Crippen molar-refractivity contribution in [1.29, 1.82) is 0 Å². The number of nitrogens with one attached hydrogen (secondary N) is 2. The number of sulfonamides is 1. The molecule has 1 heterocycles. The maximum absolute atomic E-state index is 13.0. The van der Waals surface area contributed by atoms with Crippen LogP contribution < -0.4 is 24.2 Å². The van der Waals surface area contributed by atoms with Gasteiger partial charge in [-0.2, -0.15) is 0 Å². The third-order valence-corrected chi connectivity index (χ3v) is 6.72. The molecule has 0 unspecified atom stereocenters. The first kappa shape index (κ1) is 20.5. The van der Waals surface area contributed by atoms with E-state index in [4.69, 9.17) is 14.2 Å². The molecule has 0 aromatic heterocycles. The average molecular weight is 432 g/mol. The fraction of sp³-hybridized carbons (Fsp3) is 0.381. The zero-order valence-electron chi connectivity index (χ0n) is 16.8. The molecular formula is C21H24N2O6S. The van der Waals surface area contributed by atoms with Gasteiger partial charge >= 0.3 is 0 Å². The van der Waals surface area contributed by atoms with Gasteiger partial charge in [0.15, 0.2) is 0 Å². The second-order valence-electron chi connectivity index (χ2n) is 7.33. The first-order chi connectivity index (χ1) is 14.4. The van der Waals surface area contributed by atoms with E-state index in [-0.39, 0.29) is 34.2 Å². The molecule has 1 fully saturated rings. The summed E-state index contributed by atoms with van der Waals surface area (Å²) < 4.78 is 44.2. The number of amides is 1. The van der Waals surface area contributed by atoms with Gasteiger partial charge in [0.25, 0.3) is 5.91 Å². The minimum atomic E-state index is -3.78. The molecule has 8 nitrogen and oxygen atoms in total. The number of methoxy groups -OCH3 is 2. The van der Waals surface area contributed by atoms with Gasteiger partial charge in [-0.05, 0) is 49.2 Å². The molecule has 2 aromatic carbocycles. The summed E-state index contributed by atoms with van der Waals surface area (Å²) >= 11 is 0. The summed E-state index contributed by atoms with van der Waals surface area (Å²) in [5.41, 5.74) is 1.06. The summed E-state index contributed by atoms with van der Waals surface area (Å²) in [6, 6.07) is 9.53. The number of benzene rings is 2. The van der Waals surface area contributed by atoms with Crippen molar-refractivity contribution < 1.29 is 27.4 Å². The van der Waals surface area contributed by atoms with Crippen molar-refractivity contribution in [1.82, 2.24) is 10.0 Å². The number of fused-ring (bicyclic) bond motifs is 1. The van der Waals surface area contributed by atoms with Crippen molar-refractivity contribution in [2.45, 2.75) is 36.2 Å². The summed E-state index contributed by atoms with van der Waals surface area (Å²) in [7, 11) is -0.800. The summed E-state index contributed by atoms with van der Waals surface area (Å²) in [5, 5.41) is 2.98. The van der Waals surface area contributed by atoms with E-state index in [0.29, 0.717) is 24.5 Å². The van der Waals surface area contributed by atoms with Crippen LogP contribution in [0.5, 0.6) is 17.2 Å². The lowest BCUT2D eigenvalue weighted by atomic mass is 9.99. The Kier molecular flexibility index (Phi) is 5.57. The van der Waals surface area contributed by atoms with E-state index < -0.39 is 10.0 Å². The Morgan fingerprint density at radius 3 is 2.57 bits per heavy atom. The number of rotatable bonds is 7. The SMILES string of the molecule is COc1ccc2c(c1)[C@@H](NC(=O)c1ccc(OC)c(S(=O)(=O)NC3CC3)c1)CCO2. The Bertz CT molecular complexity index is 1070. The second-order valence-corrected chi connectivity index (χ2v) is 9.01. The van der Waals surface area contributed by atoms with Gasteiger partial charge in [0.05, 0.1) is 26.9 Å². The summed E-state index contributed by atoms with van der Waals surface area (Å²) in [5.74, 6) is 1.18. The largest absolute Gasteiger partial charge is 0.497 e. The minimum Gasteiger partial charge on any atom is -0.497 e. The molecule has 0 radical (unpaired) electrons. The van der Waals surface area contributed by atoms with Gasteiger partial charge in [0.2, 0.25) is 10.0 Å². The Hall–Kier alpha value is -2.78. The summed E-state index contributed by atoms with van der Waals surface area (Å²) in [6.45, 7) is 0.470. The molecule has 0 saturated heterocycles. The first-order valence-corrected chi connectivity index (χ1v) is 11.2. The molecule has 9 heteroatoms. The van der Waals surface area contributed by atoms with Crippen LogP contribution in [0.4, 0.5) is 0 Å². The molecule has 30 heavy (non-hydrogen) atoms. The van der Waals surface area contributed by atoms with Gasteiger partial charge in [-0.1, -0.05) is 0 Å². The standard InChI is InChI=1S/C21H24N2O6S/c1-27-15-6-8-18-16(12-15)17(9-10-29-18)22-21(24)13-3-7-19(28-2)20(11-13)30(25,26)23-14-4-5-14/h3,6-8,11-12,14,17,23H,4-5,9-10H2,1-2H3,(H,22,24)/t17-/m0/s1. The summed E-state index contributed by atoms with van der Waals surface area (Å²) in [6.07, 6.45) is 2.22. The van der Waals surface area contributed by atoms with Gasteiger partial charge in [0.1, 0.15) is 22.1 Å². The molecule has 1 aliphatic carbocycles. The Morgan fingerprint density at radius 2 is 1.87 bits per heavy atom. The molecule has 2 aromatic rings. The zero-order chi connectivity index (χ0) is 21.3. The number of carbonyl (C=O) groups is 1. The monoisotopic (exact) mass is 432 g/mol. The van der Waals surface area contributed by atoms with Crippen molar-refractivity contribution in [3.05, 3.63) is 47.5 Å². The molecular weight excluding hydrogens is 408 g/mol. The third-order valence-electron chi connectivity index (χ3n) is 5.18. The van der Waals surface area contributed by atoms with Gasteiger partial charge in [-0.3, -0.25) is 4.79 Å². The van der Waals surface area contributed by atoms with Crippen LogP contribution in [0.25, 0.3) is 0 Å². The van der Waals surface area contributed by atoms with Crippen LogP contribution in [0.3, 0.4) is 0 Å². The summed E-state index contributed by atoms with van der Waals surface area (Å²) in [4.78, 5) is 12.9. The van der Waals surface area contributed by atoms with Crippen LogP contribution in [0.2, 0.25) is 0 Å². The van der Waals surface area contributed by atoms with Gasteiger partial charge < -0.3 is 19.5 Å². The van der Waals surface area contributed by atoms with E-state index in [1.807, 2.05) is 12.1 Å². The molecule has 2 N–H and O–H groups in total.